The van der Waals surface area contributed by atoms with Crippen molar-refractivity contribution in [3.8, 4) is 0 Å². The van der Waals surface area contributed by atoms with Crippen LogP contribution in [0.2, 0.25) is 0 Å². The number of hydrogen-bond acceptors (Lipinski definition) is 5. The van der Waals surface area contributed by atoms with Crippen molar-refractivity contribution < 1.29 is 30.0 Å². The van der Waals surface area contributed by atoms with Gasteiger partial charge in [-0.25, -0.2) is 4.79 Å². The van der Waals surface area contributed by atoms with Crippen molar-refractivity contribution in [2.45, 2.75) is 45.3 Å². The van der Waals surface area contributed by atoms with Crippen LogP contribution in [0.15, 0.2) is 30.3 Å². The van der Waals surface area contributed by atoms with Gasteiger partial charge in [-0.3, -0.25) is 9.35 Å². The summed E-state index contributed by atoms with van der Waals surface area (Å²) in [6.07, 6.45) is -1.43. The lowest BCUT2D eigenvalue weighted by molar-refractivity contribution is -0.123. The van der Waals surface area contributed by atoms with Gasteiger partial charge in [0, 0.05) is 15.7 Å². The van der Waals surface area contributed by atoms with Crippen LogP contribution in [0.1, 0.15) is 35.5 Å². The summed E-state index contributed by atoms with van der Waals surface area (Å²) >= 11 is 0. The monoisotopic (exact) mass is 388 g/mol. The van der Waals surface area contributed by atoms with Gasteiger partial charge in [-0.2, -0.15) is 8.42 Å². The van der Waals surface area contributed by atoms with Gasteiger partial charge in [0.15, 0.2) is 0 Å². The van der Waals surface area contributed by atoms with Gasteiger partial charge in [0.25, 0.3) is 10.1 Å². The molecule has 1 atom stereocenters. The molecule has 0 unspecified atom stereocenters. The minimum Gasteiger partial charge on any atom is -0.444 e. The number of benzene rings is 1. The topological polar surface area (TPSA) is 122 Å². The molecule has 0 aromatic heterocycles. The molecule has 0 bridgehead atoms. The summed E-state index contributed by atoms with van der Waals surface area (Å²) in [6.45, 7) is 2.57. The highest BCUT2D eigenvalue weighted by Crippen LogP contribution is 2.08. The first kappa shape index (κ1) is 18.7. The number of carbonyl (C=O) groups is 2. The Morgan fingerprint density at radius 1 is 1.27 bits per heavy atom. The van der Waals surface area contributed by atoms with Gasteiger partial charge >= 0.3 is 6.09 Å². The standard InChI is InChI=1S/C17H26N2O6S/c1-17(2,3)25-16(21)19-14(12-13-8-5-4-6-9-13)15(20)18-10-7-11-26(22,23)24/h4-6,8-9,14H,7,10-12H2,1-3H3,(H,18,20)(H,19,21)(H,22,23,24)/t14-/m0/s1/i10D2. The summed E-state index contributed by atoms with van der Waals surface area (Å²) < 4.78 is 51.0. The number of ether oxygens (including phenoxy) is 1. The fourth-order valence-corrected chi connectivity index (χ4v) is 2.29. The number of rotatable bonds is 8. The molecule has 3 N–H and O–H groups in total. The minimum absolute atomic E-state index is 0.0697. The molecule has 2 amide bonds. The van der Waals surface area contributed by atoms with Crippen LogP contribution in [0.5, 0.6) is 0 Å². The summed E-state index contributed by atoms with van der Waals surface area (Å²) in [4.78, 5) is 24.6. The van der Waals surface area contributed by atoms with Gasteiger partial charge in [-0.15, -0.1) is 0 Å². The molecule has 0 radical (unpaired) electrons. The van der Waals surface area contributed by atoms with E-state index >= 15 is 0 Å². The Bertz CT molecular complexity index is 779. The molecule has 0 saturated carbocycles. The van der Waals surface area contributed by atoms with Gasteiger partial charge < -0.3 is 15.4 Å². The van der Waals surface area contributed by atoms with Gasteiger partial charge in [0.1, 0.15) is 11.6 Å². The third kappa shape index (κ3) is 10.00. The van der Waals surface area contributed by atoms with Crippen molar-refractivity contribution in [2.24, 2.45) is 0 Å². The zero-order chi connectivity index (χ0) is 21.6. The van der Waals surface area contributed by atoms with Gasteiger partial charge in [-0.1, -0.05) is 30.3 Å². The largest absolute Gasteiger partial charge is 0.444 e. The van der Waals surface area contributed by atoms with E-state index in [9.17, 15) is 18.0 Å². The Morgan fingerprint density at radius 2 is 1.88 bits per heavy atom. The minimum atomic E-state index is -4.38. The predicted octanol–water partition coefficient (Wildman–Crippen LogP) is 1.52. The Hall–Kier alpha value is -2.13. The van der Waals surface area contributed by atoms with Crippen LogP contribution in [0, 0.1) is 0 Å². The quantitative estimate of drug-likeness (QED) is 0.581. The van der Waals surface area contributed by atoms with Crippen LogP contribution >= 0.6 is 0 Å². The second kappa shape index (κ2) is 9.54. The van der Waals surface area contributed by atoms with Crippen molar-refractivity contribution in [3.05, 3.63) is 35.9 Å². The molecule has 0 aliphatic heterocycles. The van der Waals surface area contributed by atoms with Gasteiger partial charge in [0.05, 0.1) is 5.75 Å². The molecule has 0 saturated heterocycles. The lowest BCUT2D eigenvalue weighted by Crippen LogP contribution is -2.49. The Morgan fingerprint density at radius 3 is 2.42 bits per heavy atom. The lowest BCUT2D eigenvalue weighted by Gasteiger charge is -2.23. The molecule has 0 spiro atoms. The first-order valence-corrected chi connectivity index (χ1v) is 9.58. The van der Waals surface area contributed by atoms with Crippen LogP contribution in [0.3, 0.4) is 0 Å². The van der Waals surface area contributed by atoms with E-state index in [0.717, 1.165) is 5.56 Å². The molecule has 0 heterocycles. The maximum atomic E-state index is 12.6. The summed E-state index contributed by atoms with van der Waals surface area (Å²) in [5.41, 5.74) is -0.0701. The molecule has 26 heavy (non-hydrogen) atoms. The van der Waals surface area contributed by atoms with Crippen molar-refractivity contribution in [1.82, 2.24) is 10.6 Å². The van der Waals surface area contributed by atoms with Crippen LogP contribution in [0.4, 0.5) is 4.79 Å². The van der Waals surface area contributed by atoms with E-state index in [0.29, 0.717) is 0 Å². The van der Waals surface area contributed by atoms with Crippen molar-refractivity contribution in [3.63, 3.8) is 0 Å². The number of carbonyl (C=O) groups excluding carboxylic acids is 2. The molecule has 1 aromatic carbocycles. The summed E-state index contributed by atoms with van der Waals surface area (Å²) in [6, 6.07) is 7.62. The van der Waals surface area contributed by atoms with Crippen molar-refractivity contribution in [2.75, 3.05) is 12.2 Å². The Balaban J connectivity index is 2.89. The van der Waals surface area contributed by atoms with E-state index in [1.807, 2.05) is 0 Å². The van der Waals surface area contributed by atoms with E-state index in [2.05, 4.69) is 10.6 Å². The molecular weight excluding hydrogens is 360 g/mol. The zero-order valence-corrected chi connectivity index (χ0v) is 15.8. The number of nitrogens with one attached hydrogen (secondary N) is 2. The first-order valence-electron chi connectivity index (χ1n) is 8.97. The summed E-state index contributed by atoms with van der Waals surface area (Å²) in [5.74, 6) is -1.71. The normalized spacial score (nSPS) is 14.6. The van der Waals surface area contributed by atoms with Crippen molar-refractivity contribution >= 4 is 22.1 Å². The molecule has 1 rings (SSSR count). The molecule has 0 aliphatic carbocycles. The van der Waals surface area contributed by atoms with Crippen molar-refractivity contribution in [1.29, 1.82) is 0 Å². The SMILES string of the molecule is [2H]C([2H])(CCS(=O)(=O)O)NC(=O)[C@H](Cc1ccccc1)NC(=O)OC(C)(C)C. The zero-order valence-electron chi connectivity index (χ0n) is 17.0. The average Bonchev–Trinajstić information content (AvgIpc) is 2.50. The molecule has 9 heteroatoms. The third-order valence-corrected chi connectivity index (χ3v) is 3.71. The van der Waals surface area contributed by atoms with Gasteiger partial charge in [0.2, 0.25) is 5.91 Å². The second-order valence-electron chi connectivity index (χ2n) is 6.59. The van der Waals surface area contributed by atoms with Crippen LogP contribution in [-0.2, 0) is 26.1 Å². The number of alkyl carbamates (subject to hydrolysis) is 1. The smallest absolute Gasteiger partial charge is 0.408 e. The van der Waals surface area contributed by atoms with Crippen LogP contribution < -0.4 is 10.6 Å². The fraction of sp³-hybridized carbons (Fsp3) is 0.529. The van der Waals surface area contributed by atoms with E-state index in [-0.39, 0.29) is 6.42 Å². The molecule has 146 valence electrons. The van der Waals surface area contributed by atoms with Gasteiger partial charge in [-0.05, 0) is 32.8 Å². The Kier molecular flexibility index (Phi) is 6.84. The maximum absolute atomic E-state index is 12.6. The van der Waals surface area contributed by atoms with E-state index in [4.69, 9.17) is 12.0 Å². The molecule has 8 nitrogen and oxygen atoms in total. The first-order chi connectivity index (χ1) is 12.7. The summed E-state index contributed by atoms with van der Waals surface area (Å²) in [5, 5.41) is 4.48. The molecular formula is C17H26N2O6S. The van der Waals surface area contributed by atoms with E-state index < -0.39 is 52.4 Å². The lowest BCUT2D eigenvalue weighted by atomic mass is 10.1. The highest BCUT2D eigenvalue weighted by molar-refractivity contribution is 7.85. The maximum Gasteiger partial charge on any atom is 0.408 e. The molecule has 1 aromatic rings. The summed E-state index contributed by atoms with van der Waals surface area (Å²) in [7, 11) is -4.38. The second-order valence-corrected chi connectivity index (χ2v) is 8.16. The molecule has 0 fully saturated rings. The average molecular weight is 388 g/mol. The highest BCUT2D eigenvalue weighted by atomic mass is 32.2. The number of amides is 2. The van der Waals surface area contributed by atoms with E-state index in [1.54, 1.807) is 51.1 Å². The predicted molar refractivity (Wildman–Crippen MR) is 97.3 cm³/mol. The van der Waals surface area contributed by atoms with Crippen LogP contribution in [0.25, 0.3) is 0 Å². The highest BCUT2D eigenvalue weighted by Gasteiger charge is 2.24. The number of hydrogen-bond donors (Lipinski definition) is 3. The fourth-order valence-electron chi connectivity index (χ4n) is 1.93. The van der Waals surface area contributed by atoms with Crippen LogP contribution in [-0.4, -0.2) is 48.9 Å². The molecule has 0 aliphatic rings. The van der Waals surface area contributed by atoms with E-state index in [1.165, 1.54) is 0 Å². The third-order valence-electron chi connectivity index (χ3n) is 2.99. The Labute approximate surface area is 156 Å².